The molecule has 2 heterocycles. The summed E-state index contributed by atoms with van der Waals surface area (Å²) in [6.07, 6.45) is 1.78. The predicted molar refractivity (Wildman–Crippen MR) is 108 cm³/mol. The number of quaternary nitrogens is 1. The average Bonchev–Trinajstić information content (AvgIpc) is 3.23. The molecule has 28 heavy (non-hydrogen) atoms. The summed E-state index contributed by atoms with van der Waals surface area (Å²) < 4.78 is 16.4. The first-order chi connectivity index (χ1) is 13.5. The van der Waals surface area contributed by atoms with Gasteiger partial charge in [-0.3, -0.25) is 4.79 Å². The van der Waals surface area contributed by atoms with E-state index in [2.05, 4.69) is 0 Å². The van der Waals surface area contributed by atoms with E-state index in [1.54, 1.807) is 43.8 Å². The molecule has 0 radical (unpaired) electrons. The van der Waals surface area contributed by atoms with Crippen LogP contribution in [0.3, 0.4) is 0 Å². The number of carbonyl (C=O) groups excluding carboxylic acids is 1. The normalized spacial score (nSPS) is 14.7. The van der Waals surface area contributed by atoms with Crippen LogP contribution in [0.5, 0.6) is 11.5 Å². The van der Waals surface area contributed by atoms with Gasteiger partial charge < -0.3 is 24.2 Å². The van der Waals surface area contributed by atoms with Gasteiger partial charge in [-0.05, 0) is 36.1 Å². The van der Waals surface area contributed by atoms with Crippen LogP contribution < -0.4 is 9.64 Å². The Bertz CT molecular complexity index is 866. The van der Waals surface area contributed by atoms with Gasteiger partial charge in [0.25, 0.3) is 0 Å². The van der Waals surface area contributed by atoms with Crippen molar-refractivity contribution in [3.8, 4) is 11.5 Å². The third kappa shape index (κ3) is 4.44. The Morgan fingerprint density at radius 3 is 2.50 bits per heavy atom. The highest BCUT2D eigenvalue weighted by atomic mass is 32.1. The van der Waals surface area contributed by atoms with Crippen molar-refractivity contribution in [3.05, 3.63) is 50.9 Å². The predicted octanol–water partition coefficient (Wildman–Crippen LogP) is 2.06. The molecule has 3 rings (SSSR count). The first kappa shape index (κ1) is 20.5. The maximum Gasteiger partial charge on any atom is 0.232 e. The molecule has 0 aliphatic carbocycles. The van der Waals surface area contributed by atoms with Gasteiger partial charge in [0, 0.05) is 25.2 Å². The summed E-state index contributed by atoms with van der Waals surface area (Å²) in [5.41, 5.74) is 2.23. The van der Waals surface area contributed by atoms with Crippen molar-refractivity contribution < 1.29 is 29.0 Å². The Balaban J connectivity index is 1.89. The van der Waals surface area contributed by atoms with Gasteiger partial charge in [-0.25, -0.2) is 0 Å². The molecule has 0 amide bonds. The molecular formula is C21H26NO5S+. The average molecular weight is 405 g/mol. The summed E-state index contributed by atoms with van der Waals surface area (Å²) in [7, 11) is 3.33. The highest BCUT2D eigenvalue weighted by Gasteiger charge is 2.32. The Morgan fingerprint density at radius 2 is 1.89 bits per heavy atom. The number of hydrogen-bond donors (Lipinski definition) is 2. The fourth-order valence-electron chi connectivity index (χ4n) is 3.16. The van der Waals surface area contributed by atoms with E-state index in [9.17, 15) is 9.90 Å². The number of carbonyl (C=O) groups is 1. The molecule has 0 saturated carbocycles. The largest absolute Gasteiger partial charge is 0.507 e. The van der Waals surface area contributed by atoms with Crippen molar-refractivity contribution in [2.45, 2.75) is 13.5 Å². The van der Waals surface area contributed by atoms with Crippen molar-refractivity contribution in [1.29, 1.82) is 0 Å². The lowest BCUT2D eigenvalue weighted by Crippen LogP contribution is -3.11. The van der Waals surface area contributed by atoms with E-state index < -0.39 is 0 Å². The fraction of sp³-hybridized carbons (Fsp3) is 0.381. The molecule has 1 aromatic carbocycles. The Labute approximate surface area is 169 Å². The maximum atomic E-state index is 12.8. The van der Waals surface area contributed by atoms with Crippen molar-refractivity contribution in [2.75, 3.05) is 40.5 Å². The second-order valence-corrected chi connectivity index (χ2v) is 7.71. The first-order valence-electron chi connectivity index (χ1n) is 9.19. The number of aromatic hydroxyl groups is 1. The SMILES string of the molecule is COCC[NH+](CCOC)Cc1c(O)ccc2c1O/C(=C\c1sccc1C)C2=O. The van der Waals surface area contributed by atoms with Gasteiger partial charge in [-0.2, -0.15) is 0 Å². The molecule has 1 aliphatic rings. The van der Waals surface area contributed by atoms with Crippen LogP contribution in [0.2, 0.25) is 0 Å². The molecule has 1 aliphatic heterocycles. The number of aryl methyl sites for hydroxylation is 1. The molecule has 1 aromatic heterocycles. The fourth-order valence-corrected chi connectivity index (χ4v) is 4.01. The number of hydrogen-bond acceptors (Lipinski definition) is 6. The second kappa shape index (κ2) is 9.34. The van der Waals surface area contributed by atoms with Crippen LogP contribution in [0.25, 0.3) is 6.08 Å². The number of rotatable bonds is 9. The number of ketones is 1. The summed E-state index contributed by atoms with van der Waals surface area (Å²) in [6, 6.07) is 5.20. The zero-order valence-electron chi connectivity index (χ0n) is 16.4. The van der Waals surface area contributed by atoms with Crippen molar-refractivity contribution >= 4 is 23.2 Å². The van der Waals surface area contributed by atoms with E-state index >= 15 is 0 Å². The molecule has 0 unspecified atom stereocenters. The Morgan fingerprint density at radius 1 is 1.18 bits per heavy atom. The molecule has 0 spiro atoms. The van der Waals surface area contributed by atoms with E-state index in [0.29, 0.717) is 42.4 Å². The van der Waals surface area contributed by atoms with Crippen LogP contribution in [-0.4, -0.2) is 51.4 Å². The number of thiophene rings is 1. The molecule has 0 atom stereocenters. The molecule has 0 saturated heterocycles. The van der Waals surface area contributed by atoms with Gasteiger partial charge in [0.1, 0.15) is 25.4 Å². The van der Waals surface area contributed by atoms with Gasteiger partial charge in [0.2, 0.25) is 5.78 Å². The zero-order valence-corrected chi connectivity index (χ0v) is 17.2. The summed E-state index contributed by atoms with van der Waals surface area (Å²) in [5, 5.41) is 12.4. The zero-order chi connectivity index (χ0) is 20.1. The molecular weight excluding hydrogens is 378 g/mol. The second-order valence-electron chi connectivity index (χ2n) is 6.76. The molecule has 0 bridgehead atoms. The van der Waals surface area contributed by atoms with Crippen LogP contribution in [-0.2, 0) is 16.0 Å². The van der Waals surface area contributed by atoms with Crippen molar-refractivity contribution in [1.82, 2.24) is 0 Å². The Kier molecular flexibility index (Phi) is 6.85. The number of Topliss-reactive ketones (excluding diaryl/α,β-unsaturated/α-hetero) is 1. The van der Waals surface area contributed by atoms with Crippen molar-refractivity contribution in [3.63, 3.8) is 0 Å². The van der Waals surface area contributed by atoms with Gasteiger partial charge in [-0.1, -0.05) is 0 Å². The van der Waals surface area contributed by atoms with E-state index in [0.717, 1.165) is 23.5 Å². The van der Waals surface area contributed by atoms with E-state index in [1.165, 1.54) is 4.90 Å². The molecule has 7 heteroatoms. The molecule has 2 N–H and O–H groups in total. The quantitative estimate of drug-likeness (QED) is 0.626. The van der Waals surface area contributed by atoms with Crippen LogP contribution in [0.4, 0.5) is 0 Å². The molecule has 0 fully saturated rings. The maximum absolute atomic E-state index is 12.8. The number of ether oxygens (including phenoxy) is 3. The number of fused-ring (bicyclic) bond motifs is 1. The molecule has 2 aromatic rings. The monoisotopic (exact) mass is 404 g/mol. The standard InChI is InChI=1S/C21H25NO5S/c1-14-6-11-28-19(14)12-18-20(24)15-4-5-17(23)16(21(15)27-18)13-22(7-9-25-2)8-10-26-3/h4-6,11-12,23H,7-10,13H2,1-3H3/p+1/b18-12-. The third-order valence-electron chi connectivity index (χ3n) is 4.83. The topological polar surface area (TPSA) is 69.4 Å². The smallest absolute Gasteiger partial charge is 0.232 e. The summed E-state index contributed by atoms with van der Waals surface area (Å²) in [6.45, 7) is 5.22. The molecule has 150 valence electrons. The minimum atomic E-state index is -0.153. The number of phenolic OH excluding ortho intramolecular Hbond substituents is 1. The van der Waals surface area contributed by atoms with Crippen LogP contribution >= 0.6 is 11.3 Å². The van der Waals surface area contributed by atoms with Gasteiger partial charge in [-0.15, -0.1) is 11.3 Å². The van der Waals surface area contributed by atoms with Crippen LogP contribution in [0.15, 0.2) is 29.3 Å². The number of nitrogens with one attached hydrogen (secondary N) is 1. The number of benzene rings is 1. The lowest BCUT2D eigenvalue weighted by molar-refractivity contribution is -0.914. The first-order valence-corrected chi connectivity index (χ1v) is 10.1. The van der Waals surface area contributed by atoms with Gasteiger partial charge >= 0.3 is 0 Å². The van der Waals surface area contributed by atoms with Crippen LogP contribution in [0, 0.1) is 6.92 Å². The number of phenols is 1. The number of methoxy groups -OCH3 is 2. The van der Waals surface area contributed by atoms with Gasteiger partial charge in [0.05, 0.1) is 24.3 Å². The number of allylic oxidation sites excluding steroid dienone is 1. The van der Waals surface area contributed by atoms with E-state index in [4.69, 9.17) is 14.2 Å². The van der Waals surface area contributed by atoms with Gasteiger partial charge in [0.15, 0.2) is 11.5 Å². The van der Waals surface area contributed by atoms with Crippen LogP contribution in [0.1, 0.15) is 26.4 Å². The third-order valence-corrected chi connectivity index (χ3v) is 5.79. The Hall–Kier alpha value is -2.19. The minimum absolute atomic E-state index is 0.132. The highest BCUT2D eigenvalue weighted by Crippen LogP contribution is 2.39. The minimum Gasteiger partial charge on any atom is -0.507 e. The molecule has 6 nitrogen and oxygen atoms in total. The summed E-state index contributed by atoms with van der Waals surface area (Å²) in [4.78, 5) is 15.0. The van der Waals surface area contributed by atoms with E-state index in [-0.39, 0.29) is 11.5 Å². The van der Waals surface area contributed by atoms with E-state index in [1.807, 2.05) is 18.4 Å². The summed E-state index contributed by atoms with van der Waals surface area (Å²) in [5.74, 6) is 0.729. The van der Waals surface area contributed by atoms with Crippen molar-refractivity contribution in [2.24, 2.45) is 0 Å². The lowest BCUT2D eigenvalue weighted by atomic mass is 10.0. The highest BCUT2D eigenvalue weighted by molar-refractivity contribution is 7.11. The summed E-state index contributed by atoms with van der Waals surface area (Å²) >= 11 is 1.56. The lowest BCUT2D eigenvalue weighted by Gasteiger charge is -2.20.